The molecular weight excluding hydrogens is 192 g/mol. The molecular formula is C12H18O3. The van der Waals surface area contributed by atoms with Crippen LogP contribution in [0, 0.1) is 5.92 Å². The standard InChI is InChI=1S/C12H18O3/c1-2-10-4-6-11(7-5-10)12(14)15-9-3-8-13/h4-6,11,13H,2-3,7-9H2,1H3/t11-/m0/s1. The number of carbonyl (C=O) groups excluding carboxylic acids is 1. The van der Waals surface area contributed by atoms with Crippen molar-refractivity contribution >= 4 is 5.97 Å². The van der Waals surface area contributed by atoms with Gasteiger partial charge in [0, 0.05) is 13.0 Å². The molecule has 0 unspecified atom stereocenters. The predicted molar refractivity (Wildman–Crippen MR) is 58.3 cm³/mol. The van der Waals surface area contributed by atoms with Crippen LogP contribution in [-0.2, 0) is 9.53 Å². The summed E-state index contributed by atoms with van der Waals surface area (Å²) in [5.74, 6) is -0.329. The van der Waals surface area contributed by atoms with Gasteiger partial charge in [0.05, 0.1) is 12.5 Å². The van der Waals surface area contributed by atoms with Crippen LogP contribution in [0.3, 0.4) is 0 Å². The van der Waals surface area contributed by atoms with E-state index < -0.39 is 0 Å². The Morgan fingerprint density at radius 3 is 3.00 bits per heavy atom. The molecule has 0 saturated heterocycles. The third kappa shape index (κ3) is 3.88. The number of hydrogen-bond acceptors (Lipinski definition) is 3. The summed E-state index contributed by atoms with van der Waals surface area (Å²) in [7, 11) is 0. The van der Waals surface area contributed by atoms with E-state index in [1.807, 2.05) is 12.2 Å². The average Bonchev–Trinajstić information content (AvgIpc) is 2.29. The van der Waals surface area contributed by atoms with Gasteiger partial charge in [-0.3, -0.25) is 4.79 Å². The third-order valence-electron chi connectivity index (χ3n) is 2.43. The van der Waals surface area contributed by atoms with E-state index in [4.69, 9.17) is 9.84 Å². The maximum Gasteiger partial charge on any atom is 0.313 e. The Labute approximate surface area is 90.4 Å². The Morgan fingerprint density at radius 2 is 2.47 bits per heavy atom. The zero-order valence-corrected chi connectivity index (χ0v) is 9.11. The molecule has 1 aliphatic rings. The van der Waals surface area contributed by atoms with Crippen LogP contribution in [0.4, 0.5) is 0 Å². The molecule has 0 saturated carbocycles. The first kappa shape index (κ1) is 12.0. The van der Waals surface area contributed by atoms with Crippen LogP contribution < -0.4 is 0 Å². The van der Waals surface area contributed by atoms with Crippen molar-refractivity contribution in [1.29, 1.82) is 0 Å². The Hall–Kier alpha value is -1.09. The van der Waals surface area contributed by atoms with E-state index in [9.17, 15) is 4.79 Å². The van der Waals surface area contributed by atoms with Gasteiger partial charge in [-0.15, -0.1) is 0 Å². The van der Waals surface area contributed by atoms with Crippen molar-refractivity contribution in [3.8, 4) is 0 Å². The molecule has 0 amide bonds. The maximum absolute atomic E-state index is 11.5. The van der Waals surface area contributed by atoms with Crippen LogP contribution in [0.1, 0.15) is 26.2 Å². The highest BCUT2D eigenvalue weighted by molar-refractivity contribution is 5.75. The van der Waals surface area contributed by atoms with Crippen molar-refractivity contribution in [3.05, 3.63) is 23.8 Å². The third-order valence-corrected chi connectivity index (χ3v) is 2.43. The van der Waals surface area contributed by atoms with E-state index in [-0.39, 0.29) is 18.5 Å². The summed E-state index contributed by atoms with van der Waals surface area (Å²) in [6.07, 6.45) is 8.22. The Morgan fingerprint density at radius 1 is 1.67 bits per heavy atom. The van der Waals surface area contributed by atoms with Gasteiger partial charge in [0.25, 0.3) is 0 Å². The molecule has 0 radical (unpaired) electrons. The van der Waals surface area contributed by atoms with Crippen LogP contribution in [0.25, 0.3) is 0 Å². The summed E-state index contributed by atoms with van der Waals surface area (Å²) in [4.78, 5) is 11.5. The van der Waals surface area contributed by atoms with Gasteiger partial charge >= 0.3 is 5.97 Å². The number of allylic oxidation sites excluding steroid dienone is 3. The van der Waals surface area contributed by atoms with Gasteiger partial charge in [-0.1, -0.05) is 30.7 Å². The van der Waals surface area contributed by atoms with E-state index in [2.05, 4.69) is 13.0 Å². The Balaban J connectivity index is 2.31. The molecule has 0 aromatic heterocycles. The van der Waals surface area contributed by atoms with Crippen LogP contribution >= 0.6 is 0 Å². The fraction of sp³-hybridized carbons (Fsp3) is 0.583. The summed E-state index contributed by atoms with van der Waals surface area (Å²) in [6, 6.07) is 0. The number of carbonyl (C=O) groups is 1. The van der Waals surface area contributed by atoms with Gasteiger partial charge in [-0.25, -0.2) is 0 Å². The average molecular weight is 210 g/mol. The summed E-state index contributed by atoms with van der Waals surface area (Å²) in [5.41, 5.74) is 1.27. The first-order chi connectivity index (χ1) is 7.27. The van der Waals surface area contributed by atoms with Crippen molar-refractivity contribution in [2.75, 3.05) is 13.2 Å². The van der Waals surface area contributed by atoms with Crippen molar-refractivity contribution < 1.29 is 14.6 Å². The maximum atomic E-state index is 11.5. The van der Waals surface area contributed by atoms with E-state index in [0.29, 0.717) is 13.0 Å². The van der Waals surface area contributed by atoms with Crippen LogP contribution in [0.15, 0.2) is 23.8 Å². The zero-order valence-electron chi connectivity index (χ0n) is 9.11. The Bertz CT molecular complexity index is 266. The molecule has 0 bridgehead atoms. The summed E-state index contributed by atoms with van der Waals surface area (Å²) in [6.45, 7) is 2.47. The molecule has 3 heteroatoms. The molecule has 3 nitrogen and oxygen atoms in total. The molecule has 0 fully saturated rings. The molecule has 0 aliphatic heterocycles. The Kier molecular flexibility index (Phi) is 5.12. The van der Waals surface area contributed by atoms with E-state index in [1.165, 1.54) is 5.57 Å². The molecule has 84 valence electrons. The van der Waals surface area contributed by atoms with Gasteiger partial charge in [-0.2, -0.15) is 0 Å². The van der Waals surface area contributed by atoms with Gasteiger partial charge in [0.1, 0.15) is 0 Å². The van der Waals surface area contributed by atoms with Gasteiger partial charge < -0.3 is 9.84 Å². The van der Waals surface area contributed by atoms with Crippen LogP contribution in [0.5, 0.6) is 0 Å². The number of hydrogen-bond donors (Lipinski definition) is 1. The monoisotopic (exact) mass is 210 g/mol. The number of esters is 1. The predicted octanol–water partition coefficient (Wildman–Crippen LogP) is 1.82. The van der Waals surface area contributed by atoms with Crippen molar-refractivity contribution in [1.82, 2.24) is 0 Å². The second kappa shape index (κ2) is 6.40. The van der Waals surface area contributed by atoms with Crippen molar-refractivity contribution in [2.24, 2.45) is 5.92 Å². The topological polar surface area (TPSA) is 46.5 Å². The lowest BCUT2D eigenvalue weighted by atomic mass is 9.96. The number of aliphatic hydroxyl groups is 1. The van der Waals surface area contributed by atoms with E-state index in [1.54, 1.807) is 0 Å². The summed E-state index contributed by atoms with van der Waals surface area (Å²) >= 11 is 0. The summed E-state index contributed by atoms with van der Waals surface area (Å²) in [5, 5.41) is 8.54. The van der Waals surface area contributed by atoms with Crippen molar-refractivity contribution in [3.63, 3.8) is 0 Å². The van der Waals surface area contributed by atoms with Crippen molar-refractivity contribution in [2.45, 2.75) is 26.2 Å². The largest absolute Gasteiger partial charge is 0.465 e. The first-order valence-electron chi connectivity index (χ1n) is 5.42. The lowest BCUT2D eigenvalue weighted by Crippen LogP contribution is -2.17. The van der Waals surface area contributed by atoms with Gasteiger partial charge in [-0.05, 0) is 12.8 Å². The molecule has 0 heterocycles. The fourth-order valence-electron chi connectivity index (χ4n) is 1.45. The highest BCUT2D eigenvalue weighted by Crippen LogP contribution is 2.19. The second-order valence-electron chi connectivity index (χ2n) is 3.58. The normalized spacial score (nSPS) is 19.9. The first-order valence-corrected chi connectivity index (χ1v) is 5.42. The van der Waals surface area contributed by atoms with E-state index >= 15 is 0 Å². The smallest absolute Gasteiger partial charge is 0.313 e. The number of ether oxygens (including phenoxy) is 1. The lowest BCUT2D eigenvalue weighted by molar-refractivity contribution is -0.147. The number of rotatable bonds is 5. The minimum Gasteiger partial charge on any atom is -0.465 e. The molecule has 0 aromatic rings. The van der Waals surface area contributed by atoms with Crippen LogP contribution in [-0.4, -0.2) is 24.3 Å². The molecule has 1 rings (SSSR count). The van der Waals surface area contributed by atoms with Crippen LogP contribution in [0.2, 0.25) is 0 Å². The molecule has 15 heavy (non-hydrogen) atoms. The highest BCUT2D eigenvalue weighted by Gasteiger charge is 2.17. The van der Waals surface area contributed by atoms with Gasteiger partial charge in [0.15, 0.2) is 0 Å². The van der Waals surface area contributed by atoms with E-state index in [0.717, 1.165) is 12.8 Å². The molecule has 1 N–H and O–H groups in total. The molecule has 0 spiro atoms. The zero-order chi connectivity index (χ0) is 11.1. The molecule has 1 atom stereocenters. The molecule has 1 aliphatic carbocycles. The summed E-state index contributed by atoms with van der Waals surface area (Å²) < 4.78 is 5.01. The van der Waals surface area contributed by atoms with Gasteiger partial charge in [0.2, 0.25) is 0 Å². The minimum atomic E-state index is -0.189. The lowest BCUT2D eigenvalue weighted by Gasteiger charge is -2.14. The second-order valence-corrected chi connectivity index (χ2v) is 3.58. The fourth-order valence-corrected chi connectivity index (χ4v) is 1.45. The minimum absolute atomic E-state index is 0.0632. The SMILES string of the molecule is CCC1=CC[C@@H](C(=O)OCCCO)C=C1. The number of aliphatic hydroxyl groups excluding tert-OH is 1. The molecule has 0 aromatic carbocycles. The quantitative estimate of drug-likeness (QED) is 0.556. The highest BCUT2D eigenvalue weighted by atomic mass is 16.5.